The van der Waals surface area contributed by atoms with Crippen molar-refractivity contribution in [1.29, 1.82) is 0 Å². The molecule has 1 aromatic carbocycles. The van der Waals surface area contributed by atoms with Crippen molar-refractivity contribution < 1.29 is 9.59 Å². The normalized spacial score (nSPS) is 12.3. The van der Waals surface area contributed by atoms with E-state index in [1.165, 1.54) is 11.8 Å². The molecule has 0 aliphatic heterocycles. The lowest BCUT2D eigenvalue weighted by atomic mass is 10.1. The summed E-state index contributed by atoms with van der Waals surface area (Å²) in [4.78, 5) is 28.6. The number of nitrogens with zero attached hydrogens (tertiary/aromatic N) is 3. The van der Waals surface area contributed by atoms with Gasteiger partial charge < -0.3 is 9.88 Å². The lowest BCUT2D eigenvalue weighted by molar-refractivity contribution is -0.123. The van der Waals surface area contributed by atoms with Crippen LogP contribution in [-0.4, -0.2) is 43.7 Å². The Bertz CT molecular complexity index is 946. The molecule has 0 bridgehead atoms. The zero-order valence-corrected chi connectivity index (χ0v) is 15.8. The number of carbonyl (C=O) groups excluding carboxylic acids is 2. The van der Waals surface area contributed by atoms with Gasteiger partial charge in [0.2, 0.25) is 11.1 Å². The number of H-pyrrole nitrogens is 1. The van der Waals surface area contributed by atoms with Gasteiger partial charge in [-0.3, -0.25) is 14.7 Å². The average Bonchev–Trinajstić information content (AvgIpc) is 3.21. The van der Waals surface area contributed by atoms with Gasteiger partial charge in [-0.2, -0.15) is 0 Å². The summed E-state index contributed by atoms with van der Waals surface area (Å²) in [6.07, 6.45) is 1.77. The molecule has 0 fully saturated rings. The van der Waals surface area contributed by atoms with Crippen LogP contribution in [0.15, 0.2) is 35.6 Å². The Labute approximate surface area is 155 Å². The first-order chi connectivity index (χ1) is 12.5. The van der Waals surface area contributed by atoms with Crippen LogP contribution in [0.2, 0.25) is 0 Å². The maximum atomic E-state index is 12.5. The summed E-state index contributed by atoms with van der Waals surface area (Å²) in [7, 11) is 0. The van der Waals surface area contributed by atoms with Gasteiger partial charge in [-0.15, -0.1) is 5.10 Å². The second kappa shape index (κ2) is 7.74. The number of amides is 1. The molecule has 0 spiro atoms. The first-order valence-corrected chi connectivity index (χ1v) is 9.36. The fraction of sp³-hybridized carbons (Fsp3) is 0.333. The van der Waals surface area contributed by atoms with Gasteiger partial charge in [-0.25, -0.2) is 4.98 Å². The summed E-state index contributed by atoms with van der Waals surface area (Å²) in [5.41, 5.74) is 1.52. The molecule has 1 amide bonds. The second-order valence-corrected chi connectivity index (χ2v) is 7.10. The van der Waals surface area contributed by atoms with Crippen LogP contribution in [0.25, 0.3) is 10.9 Å². The van der Waals surface area contributed by atoms with E-state index in [1.54, 1.807) is 13.1 Å². The van der Waals surface area contributed by atoms with E-state index >= 15 is 0 Å². The summed E-state index contributed by atoms with van der Waals surface area (Å²) in [6, 6.07) is 7.22. The summed E-state index contributed by atoms with van der Waals surface area (Å²) in [6.45, 7) is 5.73. The number of carbonyl (C=O) groups is 2. The van der Waals surface area contributed by atoms with E-state index in [9.17, 15) is 9.59 Å². The number of thioether (sulfide) groups is 1. The summed E-state index contributed by atoms with van der Waals surface area (Å²) in [5.74, 6) is 1.35. The molecule has 2 aromatic heterocycles. The van der Waals surface area contributed by atoms with Crippen LogP contribution in [0.5, 0.6) is 0 Å². The predicted molar refractivity (Wildman–Crippen MR) is 102 cm³/mol. The van der Waals surface area contributed by atoms with Gasteiger partial charge in [0.15, 0.2) is 5.78 Å². The number of ketones is 1. The summed E-state index contributed by atoms with van der Waals surface area (Å²) in [5, 5.41) is 11.3. The second-order valence-electron chi connectivity index (χ2n) is 6.04. The Balaban J connectivity index is 1.65. The molecule has 2 N–H and O–H groups in total. The van der Waals surface area contributed by atoms with Crippen LogP contribution in [0.4, 0.5) is 0 Å². The molecule has 3 aromatic rings. The molecular formula is C18H21N5O2S. The van der Waals surface area contributed by atoms with Gasteiger partial charge >= 0.3 is 0 Å². The van der Waals surface area contributed by atoms with Crippen LogP contribution in [0.3, 0.4) is 0 Å². The summed E-state index contributed by atoms with van der Waals surface area (Å²) < 4.78 is 1.85. The third kappa shape index (κ3) is 3.80. The zero-order chi connectivity index (χ0) is 18.7. The number of benzene rings is 1. The monoisotopic (exact) mass is 371 g/mol. The van der Waals surface area contributed by atoms with Gasteiger partial charge in [0.05, 0.1) is 0 Å². The van der Waals surface area contributed by atoms with Gasteiger partial charge in [0.25, 0.3) is 0 Å². The number of fused-ring (bicyclic) bond motifs is 1. The van der Waals surface area contributed by atoms with Crippen molar-refractivity contribution in [2.24, 2.45) is 0 Å². The average molecular weight is 371 g/mol. The SMILES string of the molecule is CC(=O)c1cn([C@@H](C)C(=O)NCCSc2n[nH]c(C)n2)c2ccccc12. The van der Waals surface area contributed by atoms with E-state index in [4.69, 9.17) is 0 Å². The minimum Gasteiger partial charge on any atom is -0.353 e. The minimum absolute atomic E-state index is 0.00856. The molecule has 7 nitrogen and oxygen atoms in total. The Morgan fingerprint density at radius 2 is 2.12 bits per heavy atom. The smallest absolute Gasteiger partial charge is 0.242 e. The molecular weight excluding hydrogens is 350 g/mol. The highest BCUT2D eigenvalue weighted by molar-refractivity contribution is 7.99. The largest absolute Gasteiger partial charge is 0.353 e. The van der Waals surface area contributed by atoms with E-state index in [1.807, 2.05) is 42.7 Å². The molecule has 1 atom stereocenters. The van der Waals surface area contributed by atoms with E-state index in [2.05, 4.69) is 20.5 Å². The van der Waals surface area contributed by atoms with Crippen LogP contribution >= 0.6 is 11.8 Å². The Hall–Kier alpha value is -2.61. The first-order valence-electron chi connectivity index (χ1n) is 8.37. The highest BCUT2D eigenvalue weighted by atomic mass is 32.2. The Morgan fingerprint density at radius 3 is 2.81 bits per heavy atom. The van der Waals surface area contributed by atoms with Crippen LogP contribution in [-0.2, 0) is 4.79 Å². The molecule has 0 radical (unpaired) electrons. The standard InChI is InChI=1S/C18H21N5O2S/c1-11(17(25)19-8-9-26-18-20-13(3)21-22-18)23-10-15(12(2)24)14-6-4-5-7-16(14)23/h4-7,10-11H,8-9H2,1-3H3,(H,19,25)(H,20,21,22)/t11-/m0/s1. The van der Waals surface area contributed by atoms with Crippen LogP contribution in [0, 0.1) is 6.92 Å². The topological polar surface area (TPSA) is 92.7 Å². The number of para-hydroxylation sites is 1. The first kappa shape index (κ1) is 18.2. The molecule has 0 aliphatic carbocycles. The number of aromatic nitrogens is 4. The lowest BCUT2D eigenvalue weighted by Gasteiger charge is -2.15. The summed E-state index contributed by atoms with van der Waals surface area (Å²) >= 11 is 1.48. The third-order valence-corrected chi connectivity index (χ3v) is 4.97. The van der Waals surface area contributed by atoms with Crippen molar-refractivity contribution in [2.45, 2.75) is 32.0 Å². The fourth-order valence-corrected chi connectivity index (χ4v) is 3.48. The Morgan fingerprint density at radius 1 is 1.35 bits per heavy atom. The number of Topliss-reactive ketones (excluding diaryl/α,β-unsaturated/α-hetero) is 1. The molecule has 3 rings (SSSR count). The number of rotatable bonds is 7. The third-order valence-electron chi connectivity index (χ3n) is 4.13. The van der Waals surface area contributed by atoms with E-state index in [0.29, 0.717) is 23.0 Å². The van der Waals surface area contributed by atoms with E-state index in [0.717, 1.165) is 16.7 Å². The number of nitrogens with one attached hydrogen (secondary N) is 2. The van der Waals surface area contributed by atoms with Crippen molar-refractivity contribution in [3.8, 4) is 0 Å². The van der Waals surface area contributed by atoms with E-state index in [-0.39, 0.29) is 11.7 Å². The van der Waals surface area contributed by atoms with Crippen molar-refractivity contribution in [3.05, 3.63) is 41.9 Å². The van der Waals surface area contributed by atoms with Crippen molar-refractivity contribution >= 4 is 34.4 Å². The molecule has 8 heteroatoms. The maximum Gasteiger partial charge on any atom is 0.242 e. The quantitative estimate of drug-likeness (QED) is 0.378. The molecule has 0 unspecified atom stereocenters. The van der Waals surface area contributed by atoms with Gasteiger partial charge in [0.1, 0.15) is 11.9 Å². The lowest BCUT2D eigenvalue weighted by Crippen LogP contribution is -2.32. The fourth-order valence-electron chi connectivity index (χ4n) is 2.78. The number of aryl methyl sites for hydroxylation is 1. The maximum absolute atomic E-state index is 12.5. The number of hydrogen-bond acceptors (Lipinski definition) is 5. The molecule has 0 saturated heterocycles. The van der Waals surface area contributed by atoms with Crippen molar-refractivity contribution in [2.75, 3.05) is 12.3 Å². The van der Waals surface area contributed by atoms with Crippen LogP contribution < -0.4 is 5.32 Å². The van der Waals surface area contributed by atoms with Crippen molar-refractivity contribution in [3.63, 3.8) is 0 Å². The molecule has 136 valence electrons. The number of hydrogen-bond donors (Lipinski definition) is 2. The highest BCUT2D eigenvalue weighted by Gasteiger charge is 2.19. The molecule has 0 aliphatic rings. The number of aromatic amines is 1. The molecule has 26 heavy (non-hydrogen) atoms. The molecule has 2 heterocycles. The highest BCUT2D eigenvalue weighted by Crippen LogP contribution is 2.25. The van der Waals surface area contributed by atoms with Gasteiger partial charge in [0, 0.05) is 35.0 Å². The Kier molecular flexibility index (Phi) is 5.41. The predicted octanol–water partition coefficient (Wildman–Crippen LogP) is 2.74. The van der Waals surface area contributed by atoms with Gasteiger partial charge in [-0.1, -0.05) is 30.0 Å². The van der Waals surface area contributed by atoms with Gasteiger partial charge in [-0.05, 0) is 26.8 Å². The van der Waals surface area contributed by atoms with Crippen molar-refractivity contribution in [1.82, 2.24) is 25.1 Å². The zero-order valence-electron chi connectivity index (χ0n) is 14.9. The van der Waals surface area contributed by atoms with Crippen LogP contribution in [0.1, 0.15) is 36.1 Å². The molecule has 0 saturated carbocycles. The van der Waals surface area contributed by atoms with E-state index < -0.39 is 6.04 Å². The minimum atomic E-state index is -0.413.